The van der Waals surface area contributed by atoms with E-state index >= 15 is 0 Å². The lowest BCUT2D eigenvalue weighted by molar-refractivity contribution is -0.0245. The number of aliphatic hydroxyl groups is 1. The van der Waals surface area contributed by atoms with Crippen molar-refractivity contribution < 1.29 is 14.6 Å². The fourth-order valence-electron chi connectivity index (χ4n) is 1.35. The van der Waals surface area contributed by atoms with E-state index in [0.717, 1.165) is 0 Å². The highest BCUT2D eigenvalue weighted by atomic mass is 35.5. The third-order valence-corrected chi connectivity index (χ3v) is 2.56. The number of ketones is 1. The predicted molar refractivity (Wildman–Crippen MR) is 52.0 cm³/mol. The van der Waals surface area contributed by atoms with Gasteiger partial charge in [0.25, 0.3) is 0 Å². The Bertz CT molecular complexity index is 403. The first-order valence-electron chi connectivity index (χ1n) is 3.95. The molecule has 1 unspecified atom stereocenters. The van der Waals surface area contributed by atoms with Gasteiger partial charge in [-0.3, -0.25) is 4.79 Å². The number of aliphatic hydroxyl groups excluding tert-OH is 1. The van der Waals surface area contributed by atoms with Crippen LogP contribution in [0, 0.1) is 0 Å². The highest BCUT2D eigenvalue weighted by Gasteiger charge is 2.28. The zero-order chi connectivity index (χ0) is 10.3. The average molecular weight is 233 g/mol. The van der Waals surface area contributed by atoms with Gasteiger partial charge in [0.2, 0.25) is 6.29 Å². The van der Waals surface area contributed by atoms with Crippen molar-refractivity contribution in [3.8, 4) is 5.75 Å². The second kappa shape index (κ2) is 3.42. The van der Waals surface area contributed by atoms with E-state index in [1.807, 2.05) is 0 Å². The molecule has 14 heavy (non-hydrogen) atoms. The van der Waals surface area contributed by atoms with E-state index in [0.29, 0.717) is 5.02 Å². The van der Waals surface area contributed by atoms with Gasteiger partial charge in [0.1, 0.15) is 0 Å². The first kappa shape index (κ1) is 9.77. The fourth-order valence-corrected chi connectivity index (χ4v) is 1.80. The quantitative estimate of drug-likeness (QED) is 0.747. The molecule has 0 aromatic heterocycles. The second-order valence-corrected chi connectivity index (χ2v) is 3.75. The van der Waals surface area contributed by atoms with Crippen molar-refractivity contribution in [1.82, 2.24) is 0 Å². The Morgan fingerprint density at radius 1 is 1.36 bits per heavy atom. The van der Waals surface area contributed by atoms with E-state index in [-0.39, 0.29) is 28.5 Å². The number of hydrogen-bond donors (Lipinski definition) is 1. The van der Waals surface area contributed by atoms with Crippen LogP contribution in [0.4, 0.5) is 0 Å². The largest absolute Gasteiger partial charge is 0.462 e. The summed E-state index contributed by atoms with van der Waals surface area (Å²) in [4.78, 5) is 11.5. The van der Waals surface area contributed by atoms with Crippen LogP contribution in [0.3, 0.4) is 0 Å². The molecule has 1 N–H and O–H groups in total. The van der Waals surface area contributed by atoms with Gasteiger partial charge in [0.15, 0.2) is 11.5 Å². The lowest BCUT2D eigenvalue weighted by atomic mass is 10.0. The normalized spacial score (nSPS) is 20.2. The van der Waals surface area contributed by atoms with Crippen molar-refractivity contribution in [2.24, 2.45) is 0 Å². The van der Waals surface area contributed by atoms with E-state index in [1.54, 1.807) is 0 Å². The number of benzene rings is 1. The molecule has 0 spiro atoms. The molecule has 1 aliphatic heterocycles. The highest BCUT2D eigenvalue weighted by Crippen LogP contribution is 2.38. The summed E-state index contributed by atoms with van der Waals surface area (Å²) in [7, 11) is 0. The van der Waals surface area contributed by atoms with Gasteiger partial charge in [-0.05, 0) is 12.1 Å². The smallest absolute Gasteiger partial charge is 0.204 e. The number of fused-ring (bicyclic) bond motifs is 1. The monoisotopic (exact) mass is 232 g/mol. The Balaban J connectivity index is 2.63. The van der Waals surface area contributed by atoms with Crippen LogP contribution in [0.1, 0.15) is 16.8 Å². The summed E-state index contributed by atoms with van der Waals surface area (Å²) in [5.41, 5.74) is 0.254. The van der Waals surface area contributed by atoms with Crippen molar-refractivity contribution in [2.45, 2.75) is 12.7 Å². The number of ether oxygens (including phenoxy) is 1. The van der Waals surface area contributed by atoms with Gasteiger partial charge in [-0.25, -0.2) is 0 Å². The van der Waals surface area contributed by atoms with E-state index in [1.165, 1.54) is 12.1 Å². The zero-order valence-electron chi connectivity index (χ0n) is 6.96. The van der Waals surface area contributed by atoms with Crippen LogP contribution in [0.5, 0.6) is 5.75 Å². The molecule has 0 bridgehead atoms. The average Bonchev–Trinajstić information content (AvgIpc) is 2.10. The Hall–Kier alpha value is -0.770. The minimum Gasteiger partial charge on any atom is -0.462 e. The molecule has 1 atom stereocenters. The summed E-state index contributed by atoms with van der Waals surface area (Å²) in [6.45, 7) is 0. The van der Waals surface area contributed by atoms with E-state index < -0.39 is 6.29 Å². The zero-order valence-corrected chi connectivity index (χ0v) is 8.47. The van der Waals surface area contributed by atoms with Crippen molar-refractivity contribution >= 4 is 29.0 Å². The standard InChI is InChI=1S/C9H6Cl2O3/c10-4-1-2-5(11)9-8(4)6(12)3-7(13)14-9/h1-2,7,13H,3H2. The number of rotatable bonds is 0. The number of halogens is 2. The van der Waals surface area contributed by atoms with Crippen LogP contribution >= 0.6 is 23.2 Å². The first-order valence-corrected chi connectivity index (χ1v) is 4.71. The molecule has 0 saturated heterocycles. The van der Waals surface area contributed by atoms with Crippen molar-refractivity contribution in [1.29, 1.82) is 0 Å². The summed E-state index contributed by atoms with van der Waals surface area (Å²) < 4.78 is 5.03. The van der Waals surface area contributed by atoms with Crippen LogP contribution in [0.25, 0.3) is 0 Å². The van der Waals surface area contributed by atoms with Crippen molar-refractivity contribution in [2.75, 3.05) is 0 Å². The maximum atomic E-state index is 11.5. The highest BCUT2D eigenvalue weighted by molar-refractivity contribution is 6.37. The van der Waals surface area contributed by atoms with Gasteiger partial charge in [-0.1, -0.05) is 23.2 Å². The molecule has 0 fully saturated rings. The summed E-state index contributed by atoms with van der Waals surface area (Å²) in [5, 5.41) is 9.76. The third kappa shape index (κ3) is 1.47. The van der Waals surface area contributed by atoms with E-state index in [4.69, 9.17) is 27.9 Å². The van der Waals surface area contributed by atoms with Gasteiger partial charge >= 0.3 is 0 Å². The lowest BCUT2D eigenvalue weighted by Gasteiger charge is -2.22. The summed E-state index contributed by atoms with van der Waals surface area (Å²) in [6.07, 6.45) is -1.22. The Labute approximate surface area is 90.2 Å². The molecular formula is C9H6Cl2O3. The fraction of sp³-hybridized carbons (Fsp3) is 0.222. The van der Waals surface area contributed by atoms with Crippen molar-refractivity contribution in [3.05, 3.63) is 27.7 Å². The van der Waals surface area contributed by atoms with Gasteiger partial charge in [0.05, 0.1) is 22.0 Å². The Morgan fingerprint density at radius 3 is 2.71 bits per heavy atom. The molecule has 1 heterocycles. The minimum absolute atomic E-state index is 0.0902. The summed E-state index contributed by atoms with van der Waals surface area (Å²) in [5.74, 6) is -0.0887. The van der Waals surface area contributed by atoms with E-state index in [9.17, 15) is 9.90 Å². The van der Waals surface area contributed by atoms with Crippen LogP contribution < -0.4 is 4.74 Å². The summed E-state index contributed by atoms with van der Waals surface area (Å²) >= 11 is 11.6. The number of carbonyl (C=O) groups excluding carboxylic acids is 1. The molecule has 0 radical (unpaired) electrons. The molecule has 1 aliphatic rings. The van der Waals surface area contributed by atoms with Gasteiger partial charge < -0.3 is 9.84 Å². The SMILES string of the molecule is O=C1CC(O)Oc2c(Cl)ccc(Cl)c21. The molecule has 0 amide bonds. The molecule has 1 aromatic rings. The Kier molecular flexibility index (Phi) is 2.39. The van der Waals surface area contributed by atoms with Gasteiger partial charge in [0, 0.05) is 0 Å². The minimum atomic E-state index is -1.13. The lowest BCUT2D eigenvalue weighted by Crippen LogP contribution is -2.26. The molecule has 74 valence electrons. The predicted octanol–water partition coefficient (Wildman–Crippen LogP) is 2.28. The molecule has 0 saturated carbocycles. The molecule has 3 nitrogen and oxygen atoms in total. The maximum Gasteiger partial charge on any atom is 0.204 e. The van der Waals surface area contributed by atoms with Crippen LogP contribution in [0.2, 0.25) is 10.0 Å². The number of carbonyl (C=O) groups is 1. The van der Waals surface area contributed by atoms with Crippen LogP contribution in [0.15, 0.2) is 12.1 Å². The van der Waals surface area contributed by atoms with Gasteiger partial charge in [-0.15, -0.1) is 0 Å². The van der Waals surface area contributed by atoms with E-state index in [2.05, 4.69) is 0 Å². The third-order valence-electron chi connectivity index (χ3n) is 1.95. The molecule has 5 heteroatoms. The molecular weight excluding hydrogens is 227 g/mol. The Morgan fingerprint density at radius 2 is 2.00 bits per heavy atom. The van der Waals surface area contributed by atoms with Crippen LogP contribution in [-0.2, 0) is 0 Å². The molecule has 0 aliphatic carbocycles. The maximum absolute atomic E-state index is 11.5. The number of Topliss-reactive ketones (excluding diaryl/α,β-unsaturated/α-hetero) is 1. The first-order chi connectivity index (χ1) is 6.59. The van der Waals surface area contributed by atoms with Crippen molar-refractivity contribution in [3.63, 3.8) is 0 Å². The number of hydrogen-bond acceptors (Lipinski definition) is 3. The second-order valence-electron chi connectivity index (χ2n) is 2.93. The van der Waals surface area contributed by atoms with Gasteiger partial charge in [-0.2, -0.15) is 0 Å². The molecule has 1 aromatic carbocycles. The topological polar surface area (TPSA) is 46.5 Å². The van der Waals surface area contributed by atoms with Crippen LogP contribution in [-0.4, -0.2) is 17.2 Å². The molecule has 2 rings (SSSR count). The summed E-state index contributed by atoms with van der Waals surface area (Å²) in [6, 6.07) is 3.05.